The topological polar surface area (TPSA) is 67.6 Å². The molecule has 0 spiro atoms. The average Bonchev–Trinajstić information content (AvgIpc) is 2.67. The number of nitrogens with two attached hydrogens (primary N) is 1. The third kappa shape index (κ3) is 2.33. The van der Waals surface area contributed by atoms with Crippen molar-refractivity contribution in [1.29, 1.82) is 0 Å². The van der Waals surface area contributed by atoms with Gasteiger partial charge in [-0.15, -0.1) is 5.10 Å². The lowest BCUT2D eigenvalue weighted by Gasteiger charge is -2.02. The van der Waals surface area contributed by atoms with E-state index >= 15 is 0 Å². The zero-order valence-electron chi connectivity index (χ0n) is 8.70. The molecule has 1 heterocycles. The molecule has 0 saturated carbocycles. The average molecular weight is 238 g/mol. The minimum absolute atomic E-state index is 0.171. The predicted molar refractivity (Wildman–Crippen MR) is 61.5 cm³/mol. The van der Waals surface area contributed by atoms with Crippen LogP contribution in [0.25, 0.3) is 0 Å². The molecule has 4 nitrogen and oxygen atoms in total. The number of hydrogen-bond acceptors (Lipinski definition) is 4. The lowest BCUT2D eigenvalue weighted by molar-refractivity contribution is 0.622. The van der Waals surface area contributed by atoms with Crippen molar-refractivity contribution in [2.24, 2.45) is 0 Å². The van der Waals surface area contributed by atoms with Crippen LogP contribution in [0.4, 0.5) is 10.1 Å². The number of hydrogen-bond donors (Lipinski definition) is 2. The summed E-state index contributed by atoms with van der Waals surface area (Å²) in [5.74, 6) is 0.853. The van der Waals surface area contributed by atoms with Gasteiger partial charge in [-0.3, -0.25) is 5.10 Å². The van der Waals surface area contributed by atoms with Crippen molar-refractivity contribution in [3.8, 4) is 0 Å². The van der Waals surface area contributed by atoms with E-state index in [0.29, 0.717) is 16.5 Å². The molecule has 0 aliphatic heterocycles. The van der Waals surface area contributed by atoms with E-state index in [0.717, 1.165) is 5.82 Å². The van der Waals surface area contributed by atoms with Gasteiger partial charge in [0.2, 0.25) is 5.16 Å². The molecule has 0 bridgehead atoms. The van der Waals surface area contributed by atoms with Crippen molar-refractivity contribution in [3.05, 3.63) is 35.4 Å². The van der Waals surface area contributed by atoms with E-state index in [1.807, 2.05) is 6.92 Å². The van der Waals surface area contributed by atoms with E-state index in [-0.39, 0.29) is 11.5 Å². The molecule has 2 rings (SSSR count). The summed E-state index contributed by atoms with van der Waals surface area (Å²) in [5, 5.41) is 7.30. The second-order valence-corrected chi connectivity index (χ2v) is 4.25. The summed E-state index contributed by atoms with van der Waals surface area (Å²) >= 11 is 1.37. The van der Waals surface area contributed by atoms with Crippen molar-refractivity contribution < 1.29 is 4.39 Å². The summed E-state index contributed by atoms with van der Waals surface area (Å²) in [6.07, 6.45) is 0. The molecule has 0 atom stereocenters. The molecule has 2 aromatic rings. The summed E-state index contributed by atoms with van der Waals surface area (Å²) in [5.41, 5.74) is 6.21. The highest BCUT2D eigenvalue weighted by molar-refractivity contribution is 7.98. The summed E-state index contributed by atoms with van der Waals surface area (Å²) in [6, 6.07) is 4.98. The van der Waals surface area contributed by atoms with Gasteiger partial charge < -0.3 is 5.73 Å². The zero-order valence-corrected chi connectivity index (χ0v) is 9.51. The fraction of sp³-hybridized carbons (Fsp3) is 0.200. The van der Waals surface area contributed by atoms with Gasteiger partial charge in [-0.1, -0.05) is 23.9 Å². The number of nitrogen functional groups attached to an aromatic ring is 1. The van der Waals surface area contributed by atoms with Crippen LogP contribution in [0.5, 0.6) is 0 Å². The Labute approximate surface area is 96.5 Å². The Morgan fingerprint density at radius 3 is 3.00 bits per heavy atom. The van der Waals surface area contributed by atoms with Crippen molar-refractivity contribution in [1.82, 2.24) is 15.2 Å². The van der Waals surface area contributed by atoms with Gasteiger partial charge in [-0.25, -0.2) is 9.37 Å². The first-order valence-electron chi connectivity index (χ1n) is 4.71. The molecule has 0 fully saturated rings. The van der Waals surface area contributed by atoms with Crippen LogP contribution >= 0.6 is 11.8 Å². The van der Waals surface area contributed by atoms with Gasteiger partial charge in [-0.05, 0) is 13.0 Å². The first kappa shape index (κ1) is 10.9. The lowest BCUT2D eigenvalue weighted by atomic mass is 10.2. The van der Waals surface area contributed by atoms with Crippen molar-refractivity contribution in [2.75, 3.05) is 5.73 Å². The van der Waals surface area contributed by atoms with Gasteiger partial charge in [0.15, 0.2) is 0 Å². The Morgan fingerprint density at radius 1 is 1.50 bits per heavy atom. The van der Waals surface area contributed by atoms with Crippen LogP contribution < -0.4 is 5.73 Å². The highest BCUT2D eigenvalue weighted by Gasteiger charge is 2.07. The third-order valence-electron chi connectivity index (χ3n) is 2.04. The van der Waals surface area contributed by atoms with E-state index in [2.05, 4.69) is 15.2 Å². The molecule has 0 aliphatic carbocycles. The normalized spacial score (nSPS) is 10.6. The van der Waals surface area contributed by atoms with Crippen LogP contribution in [-0.4, -0.2) is 15.2 Å². The standard InChI is InChI=1S/C10H11FN4S/c1-6-13-10(15-14-6)16-5-7-3-2-4-8(12)9(7)11/h2-4H,5,12H2,1H3,(H,13,14,15). The molecule has 0 saturated heterocycles. The Morgan fingerprint density at radius 2 is 2.31 bits per heavy atom. The largest absolute Gasteiger partial charge is 0.396 e. The minimum Gasteiger partial charge on any atom is -0.396 e. The maximum absolute atomic E-state index is 13.5. The van der Waals surface area contributed by atoms with E-state index in [9.17, 15) is 4.39 Å². The number of nitrogens with one attached hydrogen (secondary N) is 1. The predicted octanol–water partition coefficient (Wildman–Crippen LogP) is 2.13. The molecule has 3 N–H and O–H groups in total. The highest BCUT2D eigenvalue weighted by Crippen LogP contribution is 2.23. The quantitative estimate of drug-likeness (QED) is 0.635. The molecule has 1 aromatic heterocycles. The number of anilines is 1. The van der Waals surface area contributed by atoms with Crippen LogP contribution in [0.2, 0.25) is 0 Å². The number of halogens is 1. The molecule has 0 aliphatic rings. The molecule has 0 unspecified atom stereocenters. The summed E-state index contributed by atoms with van der Waals surface area (Å²) in [7, 11) is 0. The maximum atomic E-state index is 13.5. The first-order chi connectivity index (χ1) is 7.66. The maximum Gasteiger partial charge on any atom is 0.208 e. The van der Waals surface area contributed by atoms with Gasteiger partial charge >= 0.3 is 0 Å². The Bertz CT molecular complexity index is 497. The van der Waals surface area contributed by atoms with Gasteiger partial charge in [0, 0.05) is 11.3 Å². The summed E-state index contributed by atoms with van der Waals surface area (Å²) in [4.78, 5) is 4.12. The van der Waals surface area contributed by atoms with E-state index < -0.39 is 0 Å². The van der Waals surface area contributed by atoms with E-state index in [1.54, 1.807) is 18.2 Å². The number of aromatic nitrogens is 3. The fourth-order valence-corrected chi connectivity index (χ4v) is 2.06. The van der Waals surface area contributed by atoms with Crippen LogP contribution in [0.15, 0.2) is 23.4 Å². The van der Waals surface area contributed by atoms with Gasteiger partial charge in [0.25, 0.3) is 0 Å². The Balaban J connectivity index is 2.07. The van der Waals surface area contributed by atoms with Crippen LogP contribution in [-0.2, 0) is 5.75 Å². The Kier molecular flexibility index (Phi) is 3.09. The monoisotopic (exact) mass is 238 g/mol. The lowest BCUT2D eigenvalue weighted by Crippen LogP contribution is -1.95. The zero-order chi connectivity index (χ0) is 11.5. The second kappa shape index (κ2) is 4.52. The van der Waals surface area contributed by atoms with Crippen LogP contribution in [0, 0.1) is 12.7 Å². The van der Waals surface area contributed by atoms with Gasteiger partial charge in [-0.2, -0.15) is 0 Å². The van der Waals surface area contributed by atoms with Gasteiger partial charge in [0.1, 0.15) is 11.6 Å². The summed E-state index contributed by atoms with van der Waals surface area (Å²) < 4.78 is 13.5. The third-order valence-corrected chi connectivity index (χ3v) is 2.94. The number of nitrogens with zero attached hydrogens (tertiary/aromatic N) is 2. The van der Waals surface area contributed by atoms with Crippen LogP contribution in [0.3, 0.4) is 0 Å². The smallest absolute Gasteiger partial charge is 0.208 e. The SMILES string of the molecule is Cc1nc(SCc2cccc(N)c2F)n[nH]1. The first-order valence-corrected chi connectivity index (χ1v) is 5.70. The van der Waals surface area contributed by atoms with Crippen molar-refractivity contribution in [2.45, 2.75) is 17.8 Å². The van der Waals surface area contributed by atoms with E-state index in [4.69, 9.17) is 5.73 Å². The molecular weight excluding hydrogens is 227 g/mol. The number of thioether (sulfide) groups is 1. The molecule has 6 heteroatoms. The number of rotatable bonds is 3. The second-order valence-electron chi connectivity index (χ2n) is 3.31. The van der Waals surface area contributed by atoms with Crippen molar-refractivity contribution >= 4 is 17.4 Å². The summed E-state index contributed by atoms with van der Waals surface area (Å²) in [6.45, 7) is 1.82. The molecule has 84 valence electrons. The van der Waals surface area contributed by atoms with Gasteiger partial charge in [0.05, 0.1) is 5.69 Å². The number of H-pyrrole nitrogens is 1. The number of aryl methyl sites for hydroxylation is 1. The molecule has 0 amide bonds. The Hall–Kier alpha value is -1.56. The van der Waals surface area contributed by atoms with Crippen molar-refractivity contribution in [3.63, 3.8) is 0 Å². The van der Waals surface area contributed by atoms with E-state index in [1.165, 1.54) is 11.8 Å². The molecular formula is C10H11FN4S. The van der Waals surface area contributed by atoms with Crippen LogP contribution in [0.1, 0.15) is 11.4 Å². The molecule has 1 aromatic carbocycles. The minimum atomic E-state index is -0.359. The molecule has 16 heavy (non-hydrogen) atoms. The number of aromatic amines is 1. The fourth-order valence-electron chi connectivity index (χ4n) is 1.24. The number of benzene rings is 1. The molecule has 0 radical (unpaired) electrons. The highest BCUT2D eigenvalue weighted by atomic mass is 32.2.